The van der Waals surface area contributed by atoms with Gasteiger partial charge in [-0.2, -0.15) is 19.3 Å². The van der Waals surface area contributed by atoms with Crippen LogP contribution in [0.1, 0.15) is 18.9 Å². The predicted octanol–water partition coefficient (Wildman–Crippen LogP) is 1.96. The Labute approximate surface area is 163 Å². The molecule has 0 radical (unpaired) electrons. The van der Waals surface area contributed by atoms with E-state index in [1.807, 2.05) is 6.92 Å². The van der Waals surface area contributed by atoms with E-state index in [9.17, 15) is 24.1 Å². The van der Waals surface area contributed by atoms with Crippen molar-refractivity contribution in [3.05, 3.63) is 49.4 Å². The minimum atomic E-state index is -3.00. The van der Waals surface area contributed by atoms with Crippen LogP contribution < -0.4 is 19.5 Å². The molecule has 0 saturated carbocycles. The molecule has 146 valence electrons. The average molecular weight is 405 g/mol. The van der Waals surface area contributed by atoms with Crippen LogP contribution in [0.15, 0.2) is 29.1 Å². The van der Waals surface area contributed by atoms with E-state index >= 15 is 0 Å². The first kappa shape index (κ1) is 21.3. The van der Waals surface area contributed by atoms with Crippen LogP contribution in [0.3, 0.4) is 0 Å². The SMILES string of the molecule is CCOCCCn1c(=C(C#N)C#N)s/c(=C/c2ccccc2OC(F)F)c1=O. The van der Waals surface area contributed by atoms with Crippen LogP contribution in [0.2, 0.25) is 0 Å². The number of alkyl halides is 2. The number of ether oxygens (including phenoxy) is 2. The van der Waals surface area contributed by atoms with Crippen LogP contribution in [0.5, 0.6) is 5.75 Å². The summed E-state index contributed by atoms with van der Waals surface area (Å²) in [6.45, 7) is 0.0859. The van der Waals surface area contributed by atoms with Gasteiger partial charge >= 0.3 is 6.61 Å². The Morgan fingerprint density at radius 1 is 1.32 bits per heavy atom. The molecular weight excluding hydrogens is 388 g/mol. The lowest BCUT2D eigenvalue weighted by Gasteiger charge is -2.06. The topological polar surface area (TPSA) is 88.0 Å². The third-order valence-electron chi connectivity index (χ3n) is 3.64. The molecule has 0 saturated heterocycles. The van der Waals surface area contributed by atoms with Crippen molar-refractivity contribution in [2.24, 2.45) is 0 Å². The van der Waals surface area contributed by atoms with E-state index in [1.54, 1.807) is 18.2 Å². The standard InChI is InChI=1S/C19H17F2N3O3S/c1-2-26-9-5-8-24-17(25)16(28-18(24)14(11-22)12-23)10-13-6-3-4-7-15(13)27-19(20)21/h3-4,6-7,10,19H,2,5,8-9H2,1H3/b16-10+. The van der Waals surface area contributed by atoms with E-state index in [0.717, 1.165) is 11.3 Å². The Balaban J connectivity index is 2.60. The van der Waals surface area contributed by atoms with Crippen molar-refractivity contribution in [2.75, 3.05) is 13.2 Å². The lowest BCUT2D eigenvalue weighted by atomic mass is 10.2. The van der Waals surface area contributed by atoms with Gasteiger partial charge in [-0.05, 0) is 25.5 Å². The van der Waals surface area contributed by atoms with E-state index in [-0.39, 0.29) is 27.1 Å². The zero-order valence-corrected chi connectivity index (χ0v) is 15.8. The van der Waals surface area contributed by atoms with Crippen LogP contribution in [0.4, 0.5) is 8.78 Å². The number of hydrogen-bond acceptors (Lipinski definition) is 6. The maximum absolute atomic E-state index is 12.8. The van der Waals surface area contributed by atoms with Gasteiger partial charge in [-0.15, -0.1) is 11.3 Å². The average Bonchev–Trinajstić information content (AvgIpc) is 2.97. The van der Waals surface area contributed by atoms with Gasteiger partial charge in [0.05, 0.1) is 4.53 Å². The zero-order chi connectivity index (χ0) is 20.5. The third-order valence-corrected chi connectivity index (χ3v) is 4.77. The molecule has 0 aliphatic rings. The van der Waals surface area contributed by atoms with Crippen molar-refractivity contribution >= 4 is 23.0 Å². The van der Waals surface area contributed by atoms with Crippen molar-refractivity contribution in [1.29, 1.82) is 10.5 Å². The van der Waals surface area contributed by atoms with E-state index in [4.69, 9.17) is 4.74 Å². The minimum Gasteiger partial charge on any atom is -0.434 e. The lowest BCUT2D eigenvalue weighted by Crippen LogP contribution is -2.32. The minimum absolute atomic E-state index is 0.0699. The zero-order valence-electron chi connectivity index (χ0n) is 15.0. The monoisotopic (exact) mass is 405 g/mol. The number of benzene rings is 1. The Morgan fingerprint density at radius 3 is 2.68 bits per heavy atom. The summed E-state index contributed by atoms with van der Waals surface area (Å²) >= 11 is 0.959. The fourth-order valence-electron chi connectivity index (χ4n) is 2.44. The molecule has 0 unspecified atom stereocenters. The molecular formula is C19H17F2N3O3S. The molecule has 2 rings (SSSR count). The second kappa shape index (κ2) is 10.4. The van der Waals surface area contributed by atoms with E-state index in [1.165, 1.54) is 28.8 Å². The highest BCUT2D eigenvalue weighted by Gasteiger charge is 2.11. The molecule has 1 aromatic heterocycles. The quantitative estimate of drug-likeness (QED) is 0.627. The number of para-hydroxylation sites is 1. The molecule has 2 aromatic rings. The van der Waals surface area contributed by atoms with Gasteiger partial charge < -0.3 is 9.47 Å². The highest BCUT2D eigenvalue weighted by atomic mass is 32.1. The lowest BCUT2D eigenvalue weighted by molar-refractivity contribution is -0.0499. The molecule has 0 amide bonds. The Bertz CT molecular complexity index is 1060. The summed E-state index contributed by atoms with van der Waals surface area (Å²) < 4.78 is 36.7. The Kier molecular flexibility index (Phi) is 7.88. The molecule has 0 spiro atoms. The van der Waals surface area contributed by atoms with Gasteiger partial charge in [-0.3, -0.25) is 9.36 Å². The molecule has 1 aromatic carbocycles. The van der Waals surface area contributed by atoms with Crippen LogP contribution in [-0.2, 0) is 11.3 Å². The number of hydrogen-bond donors (Lipinski definition) is 0. The van der Waals surface area contributed by atoms with Gasteiger partial charge in [0.2, 0.25) is 0 Å². The maximum atomic E-state index is 12.8. The summed E-state index contributed by atoms with van der Waals surface area (Å²) in [4.78, 5) is 12.8. The highest BCUT2D eigenvalue weighted by molar-refractivity contribution is 7.07. The second-order valence-electron chi connectivity index (χ2n) is 5.44. The van der Waals surface area contributed by atoms with Gasteiger partial charge in [0, 0.05) is 25.3 Å². The molecule has 9 heteroatoms. The second-order valence-corrected chi connectivity index (χ2v) is 6.47. The largest absolute Gasteiger partial charge is 0.434 e. The van der Waals surface area contributed by atoms with Crippen molar-refractivity contribution in [2.45, 2.75) is 26.5 Å². The van der Waals surface area contributed by atoms with E-state index < -0.39 is 12.2 Å². The maximum Gasteiger partial charge on any atom is 0.387 e. The predicted molar refractivity (Wildman–Crippen MR) is 100 cm³/mol. The van der Waals surface area contributed by atoms with E-state index in [0.29, 0.717) is 25.2 Å². The van der Waals surface area contributed by atoms with Crippen molar-refractivity contribution < 1.29 is 18.3 Å². The van der Waals surface area contributed by atoms with Gasteiger partial charge in [-0.25, -0.2) is 0 Å². The molecule has 0 aliphatic carbocycles. The summed E-state index contributed by atoms with van der Waals surface area (Å²) in [5.74, 6) is -0.0699. The molecule has 0 N–H and O–H groups in total. The number of aromatic nitrogens is 1. The highest BCUT2D eigenvalue weighted by Crippen LogP contribution is 2.20. The summed E-state index contributed by atoms with van der Waals surface area (Å²) in [7, 11) is 0. The molecule has 0 bridgehead atoms. The molecule has 0 fully saturated rings. The third kappa shape index (κ3) is 5.26. The first-order chi connectivity index (χ1) is 13.5. The normalized spacial score (nSPS) is 11.3. The Morgan fingerprint density at radius 2 is 2.04 bits per heavy atom. The first-order valence-electron chi connectivity index (χ1n) is 8.39. The van der Waals surface area contributed by atoms with Crippen molar-refractivity contribution in [3.63, 3.8) is 0 Å². The fourth-order valence-corrected chi connectivity index (χ4v) is 3.51. The Hall–Kier alpha value is -3.01. The number of rotatable bonds is 8. The smallest absolute Gasteiger partial charge is 0.387 e. The van der Waals surface area contributed by atoms with Crippen molar-refractivity contribution in [3.8, 4) is 17.9 Å². The summed E-state index contributed by atoms with van der Waals surface area (Å²) in [6, 6.07) is 9.65. The summed E-state index contributed by atoms with van der Waals surface area (Å²) in [5.41, 5.74) is -0.300. The van der Waals surface area contributed by atoms with Gasteiger partial charge in [-0.1, -0.05) is 18.2 Å². The molecule has 1 heterocycles. The van der Waals surface area contributed by atoms with Gasteiger partial charge in [0.15, 0.2) is 5.57 Å². The molecule has 0 atom stereocenters. The van der Waals surface area contributed by atoms with Gasteiger partial charge in [0.1, 0.15) is 22.6 Å². The van der Waals surface area contributed by atoms with Crippen LogP contribution in [0.25, 0.3) is 11.6 Å². The fraction of sp³-hybridized carbons (Fsp3) is 0.316. The molecule has 0 aliphatic heterocycles. The summed E-state index contributed by atoms with van der Waals surface area (Å²) in [5, 5.41) is 18.4. The molecule has 6 nitrogen and oxygen atoms in total. The number of nitrogens with zero attached hydrogens (tertiary/aromatic N) is 3. The molecule has 28 heavy (non-hydrogen) atoms. The first-order valence-corrected chi connectivity index (χ1v) is 9.20. The van der Waals surface area contributed by atoms with Crippen molar-refractivity contribution in [1.82, 2.24) is 4.57 Å². The summed E-state index contributed by atoms with van der Waals surface area (Å²) in [6.07, 6.45) is 1.94. The van der Waals surface area contributed by atoms with Gasteiger partial charge in [0.25, 0.3) is 5.56 Å². The number of nitriles is 2. The van der Waals surface area contributed by atoms with E-state index in [2.05, 4.69) is 4.74 Å². The van der Waals surface area contributed by atoms with Crippen LogP contribution in [-0.4, -0.2) is 24.4 Å². The van der Waals surface area contributed by atoms with Crippen LogP contribution >= 0.6 is 11.3 Å². The number of thiazole rings is 1. The number of halogens is 2. The van der Waals surface area contributed by atoms with Crippen LogP contribution in [0, 0.1) is 22.7 Å².